The molecule has 184 valence electrons. The van der Waals surface area contributed by atoms with Gasteiger partial charge in [-0.15, -0.1) is 0 Å². The Labute approximate surface area is 201 Å². The van der Waals surface area contributed by atoms with Crippen LogP contribution in [0, 0.1) is 21.8 Å². The molecule has 0 spiro atoms. The molecule has 9 nitrogen and oxygen atoms in total. The maximum Gasteiger partial charge on any atom is 0.322 e. The number of ether oxygens (including phenoxy) is 1. The molecule has 0 heterocycles. The average molecular weight is 503 g/mol. The van der Waals surface area contributed by atoms with Crippen LogP contribution in [0.2, 0.25) is 0 Å². The molecule has 1 atom stereocenters. The standard InChI is InChI=1S/C24H23FN2O7S/c1-15(2)23(24(28)29)26-35(32,33)17-12-10-16(11-13-17)18-6-3-4-9-22(18)34-14-19-20(25)7-5-8-21(19)27(30)31/h3-13,15,23,26H,14H2,1-2H3,(H,28,29). The van der Waals surface area contributed by atoms with E-state index in [1.807, 2.05) is 0 Å². The van der Waals surface area contributed by atoms with E-state index in [0.717, 1.165) is 6.07 Å². The highest BCUT2D eigenvalue weighted by molar-refractivity contribution is 7.89. The van der Waals surface area contributed by atoms with Crippen LogP contribution in [0.1, 0.15) is 19.4 Å². The number of carbonyl (C=O) groups is 1. The zero-order chi connectivity index (χ0) is 25.8. The van der Waals surface area contributed by atoms with E-state index in [1.54, 1.807) is 38.1 Å². The summed E-state index contributed by atoms with van der Waals surface area (Å²) < 4.78 is 47.4. The van der Waals surface area contributed by atoms with Gasteiger partial charge in [0.05, 0.1) is 9.82 Å². The van der Waals surface area contributed by atoms with Gasteiger partial charge in [0, 0.05) is 11.6 Å². The minimum absolute atomic E-state index is 0.117. The first-order valence-corrected chi connectivity index (χ1v) is 12.0. The molecule has 0 saturated carbocycles. The fourth-order valence-corrected chi connectivity index (χ4v) is 4.70. The molecule has 11 heteroatoms. The van der Waals surface area contributed by atoms with E-state index in [4.69, 9.17) is 4.74 Å². The summed E-state index contributed by atoms with van der Waals surface area (Å²) in [7, 11) is -4.09. The number of rotatable bonds is 10. The topological polar surface area (TPSA) is 136 Å². The lowest BCUT2D eigenvalue weighted by atomic mass is 10.0. The Morgan fingerprint density at radius 1 is 1.09 bits per heavy atom. The number of halogens is 1. The first kappa shape index (κ1) is 25.8. The van der Waals surface area contributed by atoms with Crippen molar-refractivity contribution in [3.63, 3.8) is 0 Å². The van der Waals surface area contributed by atoms with Crippen LogP contribution < -0.4 is 9.46 Å². The summed E-state index contributed by atoms with van der Waals surface area (Å²) in [6.45, 7) is 2.80. The minimum Gasteiger partial charge on any atom is -0.488 e. The van der Waals surface area contributed by atoms with Gasteiger partial charge in [-0.3, -0.25) is 14.9 Å². The second kappa shape index (κ2) is 10.6. The van der Waals surface area contributed by atoms with Crippen molar-refractivity contribution in [2.75, 3.05) is 0 Å². The molecule has 0 aliphatic rings. The Kier molecular flexibility index (Phi) is 7.82. The molecule has 3 rings (SSSR count). The van der Waals surface area contributed by atoms with E-state index in [2.05, 4.69) is 4.72 Å². The van der Waals surface area contributed by atoms with Crippen LogP contribution in [-0.4, -0.2) is 30.5 Å². The second-order valence-electron chi connectivity index (χ2n) is 7.99. The number of nitrogens with zero attached hydrogens (tertiary/aromatic N) is 1. The molecule has 0 fully saturated rings. The maximum absolute atomic E-state index is 14.2. The Hall–Kier alpha value is -3.83. The van der Waals surface area contributed by atoms with Crippen LogP contribution in [0.5, 0.6) is 5.75 Å². The van der Waals surface area contributed by atoms with Crippen molar-refractivity contribution >= 4 is 21.7 Å². The normalized spacial score (nSPS) is 12.3. The van der Waals surface area contributed by atoms with Gasteiger partial charge >= 0.3 is 5.97 Å². The SMILES string of the molecule is CC(C)C(NS(=O)(=O)c1ccc(-c2ccccc2OCc2c(F)cccc2[N+](=O)[O-])cc1)C(=O)O. The summed E-state index contributed by atoms with van der Waals surface area (Å²) in [4.78, 5) is 21.8. The van der Waals surface area contributed by atoms with Gasteiger partial charge in [-0.05, 0) is 35.7 Å². The quantitative estimate of drug-likeness (QED) is 0.310. The van der Waals surface area contributed by atoms with E-state index >= 15 is 0 Å². The van der Waals surface area contributed by atoms with Gasteiger partial charge in [0.2, 0.25) is 10.0 Å². The average Bonchev–Trinajstić information content (AvgIpc) is 2.81. The molecule has 0 aliphatic carbocycles. The van der Waals surface area contributed by atoms with Crippen LogP contribution >= 0.6 is 0 Å². The highest BCUT2D eigenvalue weighted by atomic mass is 32.2. The van der Waals surface area contributed by atoms with E-state index in [-0.39, 0.29) is 17.1 Å². The number of nitro groups is 1. The molecule has 3 aromatic carbocycles. The number of para-hydroxylation sites is 1. The van der Waals surface area contributed by atoms with E-state index in [0.29, 0.717) is 16.9 Å². The van der Waals surface area contributed by atoms with E-state index < -0.39 is 44.4 Å². The summed E-state index contributed by atoms with van der Waals surface area (Å²) in [6.07, 6.45) is 0. The molecular weight excluding hydrogens is 479 g/mol. The molecule has 2 N–H and O–H groups in total. The summed E-state index contributed by atoms with van der Waals surface area (Å²) in [6, 6.07) is 14.7. The molecule has 0 bridgehead atoms. The van der Waals surface area contributed by atoms with Crippen LogP contribution in [0.3, 0.4) is 0 Å². The Morgan fingerprint density at radius 3 is 2.34 bits per heavy atom. The lowest BCUT2D eigenvalue weighted by Gasteiger charge is -2.18. The number of carboxylic acids is 1. The number of hydrogen-bond donors (Lipinski definition) is 2. The fraction of sp³-hybridized carbons (Fsp3) is 0.208. The molecule has 3 aromatic rings. The van der Waals surface area contributed by atoms with Gasteiger partial charge in [-0.1, -0.05) is 50.2 Å². The predicted octanol–water partition coefficient (Wildman–Crippen LogP) is 4.37. The zero-order valence-corrected chi connectivity index (χ0v) is 19.7. The number of hydrogen-bond acceptors (Lipinski definition) is 6. The molecule has 0 radical (unpaired) electrons. The van der Waals surface area contributed by atoms with Crippen LogP contribution in [0.4, 0.5) is 10.1 Å². The summed E-state index contributed by atoms with van der Waals surface area (Å²) in [5.41, 5.74) is 0.527. The zero-order valence-electron chi connectivity index (χ0n) is 18.8. The maximum atomic E-state index is 14.2. The van der Waals surface area contributed by atoms with E-state index in [1.165, 1.54) is 36.4 Å². The van der Waals surface area contributed by atoms with Crippen LogP contribution in [-0.2, 0) is 21.4 Å². The first-order valence-electron chi connectivity index (χ1n) is 10.5. The summed E-state index contributed by atoms with van der Waals surface area (Å²) >= 11 is 0. The molecule has 35 heavy (non-hydrogen) atoms. The highest BCUT2D eigenvalue weighted by Crippen LogP contribution is 2.32. The molecule has 0 aromatic heterocycles. The predicted molar refractivity (Wildman–Crippen MR) is 126 cm³/mol. The third kappa shape index (κ3) is 6.00. The van der Waals surface area contributed by atoms with Crippen molar-refractivity contribution in [3.05, 3.63) is 88.2 Å². The minimum atomic E-state index is -4.09. The number of nitrogens with one attached hydrogen (secondary N) is 1. The monoisotopic (exact) mass is 502 g/mol. The van der Waals surface area contributed by atoms with Gasteiger partial charge in [0.25, 0.3) is 5.69 Å². The molecule has 0 amide bonds. The fourth-order valence-electron chi connectivity index (χ4n) is 3.36. The van der Waals surface area contributed by atoms with Gasteiger partial charge in [-0.2, -0.15) is 4.72 Å². The van der Waals surface area contributed by atoms with Crippen LogP contribution in [0.25, 0.3) is 11.1 Å². The van der Waals surface area contributed by atoms with Gasteiger partial charge in [0.15, 0.2) is 0 Å². The number of carboxylic acid groups (broad SMARTS) is 1. The number of sulfonamides is 1. The first-order chi connectivity index (χ1) is 16.5. The lowest BCUT2D eigenvalue weighted by molar-refractivity contribution is -0.386. The second-order valence-corrected chi connectivity index (χ2v) is 9.70. The van der Waals surface area contributed by atoms with Crippen molar-refractivity contribution in [1.29, 1.82) is 0 Å². The molecule has 1 unspecified atom stereocenters. The molecule has 0 saturated heterocycles. The van der Waals surface area contributed by atoms with Crippen molar-refractivity contribution in [2.24, 2.45) is 5.92 Å². The van der Waals surface area contributed by atoms with Gasteiger partial charge in [-0.25, -0.2) is 12.8 Å². The molecule has 0 aliphatic heterocycles. The van der Waals surface area contributed by atoms with Crippen molar-refractivity contribution < 1.29 is 32.4 Å². The lowest BCUT2D eigenvalue weighted by Crippen LogP contribution is -2.44. The molecular formula is C24H23FN2O7S. The number of nitro benzene ring substituents is 1. The number of benzene rings is 3. The van der Waals surface area contributed by atoms with Crippen LogP contribution in [0.15, 0.2) is 71.6 Å². The van der Waals surface area contributed by atoms with Crippen molar-refractivity contribution in [2.45, 2.75) is 31.4 Å². The van der Waals surface area contributed by atoms with E-state index in [9.17, 15) is 32.8 Å². The summed E-state index contributed by atoms with van der Waals surface area (Å²) in [5, 5.41) is 20.5. The highest BCUT2D eigenvalue weighted by Gasteiger charge is 2.28. The third-order valence-electron chi connectivity index (χ3n) is 5.24. The third-order valence-corrected chi connectivity index (χ3v) is 6.70. The smallest absolute Gasteiger partial charge is 0.322 e. The number of aliphatic carboxylic acids is 1. The Balaban J connectivity index is 1.86. The van der Waals surface area contributed by atoms with Gasteiger partial charge in [0.1, 0.15) is 29.8 Å². The van der Waals surface area contributed by atoms with Crippen molar-refractivity contribution in [3.8, 4) is 16.9 Å². The van der Waals surface area contributed by atoms with Crippen molar-refractivity contribution in [1.82, 2.24) is 4.72 Å². The summed E-state index contributed by atoms with van der Waals surface area (Å²) in [5.74, 6) is -2.19. The largest absolute Gasteiger partial charge is 0.488 e. The Bertz CT molecular complexity index is 1340. The van der Waals surface area contributed by atoms with Gasteiger partial charge < -0.3 is 9.84 Å². The Morgan fingerprint density at radius 2 is 1.74 bits per heavy atom.